The zero-order valence-electron chi connectivity index (χ0n) is 15.6. The molecule has 28 heavy (non-hydrogen) atoms. The van der Waals surface area contributed by atoms with Gasteiger partial charge in [-0.1, -0.05) is 42.5 Å². The molecule has 3 aromatic rings. The van der Waals surface area contributed by atoms with Crippen LogP contribution in [-0.4, -0.2) is 18.4 Å². The number of carbonyl (C=O) groups excluding carboxylic acids is 2. The molecule has 0 unspecified atom stereocenters. The molecule has 5 nitrogen and oxygen atoms in total. The van der Waals surface area contributed by atoms with Crippen LogP contribution in [0.3, 0.4) is 0 Å². The molecule has 0 fully saturated rings. The van der Waals surface area contributed by atoms with Crippen LogP contribution in [-0.2, 0) is 16.1 Å². The average Bonchev–Trinajstić information content (AvgIpc) is 2.73. The van der Waals surface area contributed by atoms with Crippen molar-refractivity contribution in [2.24, 2.45) is 0 Å². The van der Waals surface area contributed by atoms with Crippen LogP contribution in [0.4, 0.5) is 0 Å². The number of aryl methyl sites for hydroxylation is 1. The van der Waals surface area contributed by atoms with Crippen molar-refractivity contribution in [3.63, 3.8) is 0 Å². The van der Waals surface area contributed by atoms with E-state index in [2.05, 4.69) is 5.32 Å². The number of nitrogens with one attached hydrogen (secondary N) is 1. The summed E-state index contributed by atoms with van der Waals surface area (Å²) in [5, 5.41) is 2.56. The summed E-state index contributed by atoms with van der Waals surface area (Å²) in [4.78, 5) is 24.1. The number of benzene rings is 3. The van der Waals surface area contributed by atoms with Gasteiger partial charge in [0.05, 0.1) is 0 Å². The Bertz CT molecular complexity index is 936. The molecule has 0 aromatic heterocycles. The maximum absolute atomic E-state index is 12.2. The number of amides is 1. The van der Waals surface area contributed by atoms with E-state index in [1.807, 2.05) is 61.5 Å². The van der Waals surface area contributed by atoms with Crippen molar-refractivity contribution in [1.82, 2.24) is 5.32 Å². The Morgan fingerprint density at radius 1 is 0.821 bits per heavy atom. The van der Waals surface area contributed by atoms with E-state index in [1.54, 1.807) is 24.3 Å². The van der Waals surface area contributed by atoms with Crippen LogP contribution in [0.2, 0.25) is 0 Å². The number of hydrogen-bond acceptors (Lipinski definition) is 4. The van der Waals surface area contributed by atoms with Crippen molar-refractivity contribution < 1.29 is 19.1 Å². The fourth-order valence-corrected chi connectivity index (χ4v) is 2.53. The number of rotatable bonds is 7. The maximum Gasteiger partial charge on any atom is 0.325 e. The van der Waals surface area contributed by atoms with E-state index in [1.165, 1.54) is 0 Å². The molecule has 1 amide bonds. The molecular formula is C23H21NO4. The molecule has 0 bridgehead atoms. The van der Waals surface area contributed by atoms with Crippen molar-refractivity contribution in [2.75, 3.05) is 6.54 Å². The predicted octanol–water partition coefficient (Wildman–Crippen LogP) is 4.26. The van der Waals surface area contributed by atoms with Crippen molar-refractivity contribution in [3.05, 3.63) is 95.6 Å². The monoisotopic (exact) mass is 375 g/mol. The van der Waals surface area contributed by atoms with E-state index in [0.29, 0.717) is 11.3 Å². The highest BCUT2D eigenvalue weighted by Gasteiger charge is 2.10. The first-order chi connectivity index (χ1) is 13.6. The number of hydrogen-bond donors (Lipinski definition) is 1. The zero-order valence-corrected chi connectivity index (χ0v) is 15.6. The predicted molar refractivity (Wildman–Crippen MR) is 106 cm³/mol. The molecule has 0 aliphatic carbocycles. The lowest BCUT2D eigenvalue weighted by molar-refractivity contribution is -0.143. The third-order valence-corrected chi connectivity index (χ3v) is 4.14. The molecule has 0 saturated carbocycles. The summed E-state index contributed by atoms with van der Waals surface area (Å²) in [6, 6.07) is 23.8. The Kier molecular flexibility index (Phi) is 6.41. The van der Waals surface area contributed by atoms with Gasteiger partial charge in [0.15, 0.2) is 0 Å². The Labute approximate surface area is 163 Å². The molecule has 0 spiro atoms. The molecule has 142 valence electrons. The minimum absolute atomic E-state index is 0.187. The zero-order chi connectivity index (χ0) is 19.8. The topological polar surface area (TPSA) is 64.6 Å². The third-order valence-electron chi connectivity index (χ3n) is 4.14. The standard InChI is InChI=1S/C23H21NO4/c1-17-7-5-6-8-19(17)16-27-22(25)15-24-23(26)18-11-13-21(14-12-18)28-20-9-3-2-4-10-20/h2-14H,15-16H2,1H3,(H,24,26). The van der Waals surface area contributed by atoms with Crippen LogP contribution in [0.1, 0.15) is 21.5 Å². The highest BCUT2D eigenvalue weighted by atomic mass is 16.5. The van der Waals surface area contributed by atoms with Gasteiger partial charge in [0.2, 0.25) is 0 Å². The highest BCUT2D eigenvalue weighted by Crippen LogP contribution is 2.21. The summed E-state index contributed by atoms with van der Waals surface area (Å²) >= 11 is 0. The van der Waals surface area contributed by atoms with Crippen LogP contribution in [0.15, 0.2) is 78.9 Å². The van der Waals surface area contributed by atoms with Crippen LogP contribution < -0.4 is 10.1 Å². The normalized spacial score (nSPS) is 10.2. The smallest absolute Gasteiger partial charge is 0.325 e. The molecule has 3 rings (SSSR count). The number of para-hydroxylation sites is 1. The van der Waals surface area contributed by atoms with Gasteiger partial charge in [-0.2, -0.15) is 0 Å². The lowest BCUT2D eigenvalue weighted by Crippen LogP contribution is -2.30. The summed E-state index contributed by atoms with van der Waals surface area (Å²) in [5.74, 6) is 0.510. The highest BCUT2D eigenvalue weighted by molar-refractivity contribution is 5.96. The van der Waals surface area contributed by atoms with Gasteiger partial charge >= 0.3 is 5.97 Å². The molecule has 0 aliphatic rings. The van der Waals surface area contributed by atoms with Gasteiger partial charge in [0.25, 0.3) is 5.91 Å². The van der Waals surface area contributed by atoms with Gasteiger partial charge in [-0.05, 0) is 54.4 Å². The van der Waals surface area contributed by atoms with E-state index >= 15 is 0 Å². The summed E-state index contributed by atoms with van der Waals surface area (Å²) in [5.41, 5.74) is 2.43. The largest absolute Gasteiger partial charge is 0.459 e. The first-order valence-corrected chi connectivity index (χ1v) is 8.93. The fraction of sp³-hybridized carbons (Fsp3) is 0.130. The Morgan fingerprint density at radius 2 is 1.46 bits per heavy atom. The SMILES string of the molecule is Cc1ccccc1COC(=O)CNC(=O)c1ccc(Oc2ccccc2)cc1. The number of carbonyl (C=O) groups is 2. The van der Waals surface area contributed by atoms with Gasteiger partial charge in [0.1, 0.15) is 24.7 Å². The van der Waals surface area contributed by atoms with Gasteiger partial charge < -0.3 is 14.8 Å². The lowest BCUT2D eigenvalue weighted by Gasteiger charge is -2.09. The summed E-state index contributed by atoms with van der Waals surface area (Å²) in [6.07, 6.45) is 0. The molecule has 5 heteroatoms. The van der Waals surface area contributed by atoms with Crippen LogP contribution in [0.25, 0.3) is 0 Å². The Balaban J connectivity index is 1.46. The van der Waals surface area contributed by atoms with Gasteiger partial charge in [-0.3, -0.25) is 9.59 Å². The summed E-state index contributed by atoms with van der Waals surface area (Å²) in [6.45, 7) is 1.95. The second kappa shape index (κ2) is 9.37. The van der Waals surface area contributed by atoms with E-state index in [0.717, 1.165) is 16.9 Å². The minimum atomic E-state index is -0.486. The number of ether oxygens (including phenoxy) is 2. The van der Waals surface area contributed by atoms with Gasteiger partial charge in [-0.25, -0.2) is 0 Å². The summed E-state index contributed by atoms with van der Waals surface area (Å²) < 4.78 is 10.9. The van der Waals surface area contributed by atoms with E-state index in [4.69, 9.17) is 9.47 Å². The first-order valence-electron chi connectivity index (χ1n) is 8.93. The molecule has 0 heterocycles. The molecule has 3 aromatic carbocycles. The van der Waals surface area contributed by atoms with Crippen molar-refractivity contribution in [1.29, 1.82) is 0 Å². The fourth-order valence-electron chi connectivity index (χ4n) is 2.53. The third kappa shape index (κ3) is 5.45. The molecule has 0 atom stereocenters. The van der Waals surface area contributed by atoms with E-state index < -0.39 is 5.97 Å². The molecular weight excluding hydrogens is 354 g/mol. The number of esters is 1. The first kappa shape index (κ1) is 19.2. The van der Waals surface area contributed by atoms with Crippen molar-refractivity contribution in [3.8, 4) is 11.5 Å². The Morgan fingerprint density at radius 3 is 2.18 bits per heavy atom. The molecule has 1 N–H and O–H groups in total. The van der Waals surface area contributed by atoms with Gasteiger partial charge in [0, 0.05) is 5.56 Å². The second-order valence-corrected chi connectivity index (χ2v) is 6.21. The van der Waals surface area contributed by atoms with Crippen LogP contribution >= 0.6 is 0 Å². The quantitative estimate of drug-likeness (QED) is 0.627. The van der Waals surface area contributed by atoms with Gasteiger partial charge in [-0.15, -0.1) is 0 Å². The average molecular weight is 375 g/mol. The van der Waals surface area contributed by atoms with Crippen LogP contribution in [0.5, 0.6) is 11.5 Å². The molecule has 0 aliphatic heterocycles. The summed E-state index contributed by atoms with van der Waals surface area (Å²) in [7, 11) is 0. The minimum Gasteiger partial charge on any atom is -0.459 e. The van der Waals surface area contributed by atoms with E-state index in [9.17, 15) is 9.59 Å². The van der Waals surface area contributed by atoms with Crippen molar-refractivity contribution in [2.45, 2.75) is 13.5 Å². The molecule has 0 saturated heterocycles. The van der Waals surface area contributed by atoms with E-state index in [-0.39, 0.29) is 19.1 Å². The Hall–Kier alpha value is -3.60. The van der Waals surface area contributed by atoms with Crippen molar-refractivity contribution >= 4 is 11.9 Å². The maximum atomic E-state index is 12.2. The van der Waals surface area contributed by atoms with Crippen LogP contribution in [0, 0.1) is 6.92 Å². The molecule has 0 radical (unpaired) electrons. The second-order valence-electron chi connectivity index (χ2n) is 6.21. The lowest BCUT2D eigenvalue weighted by atomic mass is 10.1.